The molecule has 162 valence electrons. The molecule has 2 aromatic heterocycles. The van der Waals surface area contributed by atoms with Gasteiger partial charge < -0.3 is 10.1 Å². The fourth-order valence-corrected chi connectivity index (χ4v) is 3.58. The smallest absolute Gasteiger partial charge is 0.255 e. The second-order valence-corrected chi connectivity index (χ2v) is 7.91. The molecule has 0 bridgehead atoms. The number of aromatic nitrogens is 4. The summed E-state index contributed by atoms with van der Waals surface area (Å²) in [6, 6.07) is 16.7. The van der Waals surface area contributed by atoms with Gasteiger partial charge in [-0.2, -0.15) is 10.1 Å². The first-order chi connectivity index (χ1) is 15.3. The molecule has 0 unspecified atom stereocenters. The molecule has 0 aliphatic carbocycles. The minimum Gasteiger partial charge on any atom is -0.439 e. The van der Waals surface area contributed by atoms with E-state index in [1.165, 1.54) is 0 Å². The number of hydrogen-bond acceptors (Lipinski definition) is 5. The summed E-state index contributed by atoms with van der Waals surface area (Å²) in [5.41, 5.74) is 5.33. The minimum atomic E-state index is -0.147. The van der Waals surface area contributed by atoms with Gasteiger partial charge in [-0.3, -0.25) is 4.79 Å². The topological polar surface area (TPSA) is 81.9 Å². The molecular formula is C25H25N5O2. The average molecular weight is 428 g/mol. The van der Waals surface area contributed by atoms with Crippen molar-refractivity contribution >= 4 is 11.6 Å². The molecule has 7 nitrogen and oxygen atoms in total. The summed E-state index contributed by atoms with van der Waals surface area (Å²) in [4.78, 5) is 21.4. The summed E-state index contributed by atoms with van der Waals surface area (Å²) < 4.78 is 7.71. The predicted octanol–water partition coefficient (Wildman–Crippen LogP) is 5.25. The maximum atomic E-state index is 12.6. The Morgan fingerprint density at radius 2 is 1.56 bits per heavy atom. The second kappa shape index (κ2) is 8.63. The minimum absolute atomic E-state index is 0.147. The lowest BCUT2D eigenvalue weighted by Gasteiger charge is -2.10. The third-order valence-electron chi connectivity index (χ3n) is 4.85. The van der Waals surface area contributed by atoms with Crippen LogP contribution in [0.5, 0.6) is 11.6 Å². The van der Waals surface area contributed by atoms with Crippen molar-refractivity contribution in [3.05, 3.63) is 88.5 Å². The van der Waals surface area contributed by atoms with E-state index in [4.69, 9.17) is 4.74 Å². The number of nitrogens with one attached hydrogen (secondary N) is 1. The van der Waals surface area contributed by atoms with Crippen molar-refractivity contribution in [2.75, 3.05) is 5.32 Å². The summed E-state index contributed by atoms with van der Waals surface area (Å²) >= 11 is 0. The number of benzene rings is 2. The molecule has 2 aromatic carbocycles. The van der Waals surface area contributed by atoms with E-state index in [0.29, 0.717) is 34.5 Å². The van der Waals surface area contributed by atoms with Crippen molar-refractivity contribution in [3.8, 4) is 17.4 Å². The number of rotatable bonds is 5. The van der Waals surface area contributed by atoms with Crippen LogP contribution in [0.4, 0.5) is 5.69 Å². The maximum Gasteiger partial charge on any atom is 0.255 e. The normalized spacial score (nSPS) is 10.8. The quantitative estimate of drug-likeness (QED) is 0.470. The zero-order valence-electron chi connectivity index (χ0n) is 18.8. The maximum absolute atomic E-state index is 12.6. The van der Waals surface area contributed by atoms with Crippen molar-refractivity contribution in [2.24, 2.45) is 0 Å². The average Bonchev–Trinajstić information content (AvgIpc) is 3.06. The third kappa shape index (κ3) is 4.83. The Morgan fingerprint density at radius 1 is 0.875 bits per heavy atom. The van der Waals surface area contributed by atoms with Gasteiger partial charge in [0.15, 0.2) is 5.82 Å². The second-order valence-electron chi connectivity index (χ2n) is 7.91. The monoisotopic (exact) mass is 427 g/mol. The van der Waals surface area contributed by atoms with Crippen molar-refractivity contribution in [1.82, 2.24) is 19.7 Å². The Morgan fingerprint density at radius 3 is 2.19 bits per heavy atom. The number of amides is 1. The molecule has 1 N–H and O–H groups in total. The van der Waals surface area contributed by atoms with Crippen LogP contribution in [0.25, 0.3) is 5.82 Å². The number of anilines is 1. The Balaban J connectivity index is 1.49. The van der Waals surface area contributed by atoms with Crippen molar-refractivity contribution in [2.45, 2.75) is 34.6 Å². The Bertz CT molecular complexity index is 1270. The van der Waals surface area contributed by atoms with E-state index in [1.54, 1.807) is 35.0 Å². The van der Waals surface area contributed by atoms with Gasteiger partial charge in [0.1, 0.15) is 11.6 Å². The number of carbonyl (C=O) groups is 1. The molecule has 32 heavy (non-hydrogen) atoms. The fraction of sp³-hybridized carbons (Fsp3) is 0.200. The number of hydrogen-bond donors (Lipinski definition) is 1. The molecule has 0 saturated carbocycles. The molecule has 0 aliphatic rings. The summed E-state index contributed by atoms with van der Waals surface area (Å²) in [6.07, 6.45) is 0. The molecule has 0 saturated heterocycles. The summed E-state index contributed by atoms with van der Waals surface area (Å²) in [5.74, 6) is 2.11. The van der Waals surface area contributed by atoms with Gasteiger partial charge in [0, 0.05) is 23.0 Å². The van der Waals surface area contributed by atoms with Gasteiger partial charge in [-0.05, 0) is 77.1 Å². The van der Waals surface area contributed by atoms with E-state index in [1.807, 2.05) is 58.9 Å². The largest absolute Gasteiger partial charge is 0.439 e. The Labute approximate surface area is 187 Å². The van der Waals surface area contributed by atoms with Crippen LogP contribution in [0.1, 0.15) is 38.7 Å². The molecule has 0 spiro atoms. The number of nitrogens with zero attached hydrogens (tertiary/aromatic N) is 4. The molecule has 7 heteroatoms. The highest BCUT2D eigenvalue weighted by Crippen LogP contribution is 2.24. The first kappa shape index (κ1) is 21.2. The van der Waals surface area contributed by atoms with Crippen LogP contribution in [0, 0.1) is 34.6 Å². The van der Waals surface area contributed by atoms with Crippen LogP contribution in [0.2, 0.25) is 0 Å². The lowest BCUT2D eigenvalue weighted by Crippen LogP contribution is -2.12. The molecule has 1 amide bonds. The first-order valence-electron chi connectivity index (χ1n) is 10.3. The van der Waals surface area contributed by atoms with Crippen LogP contribution >= 0.6 is 0 Å². The fourth-order valence-electron chi connectivity index (χ4n) is 3.58. The molecule has 4 rings (SSSR count). The highest BCUT2D eigenvalue weighted by atomic mass is 16.5. The Kier molecular flexibility index (Phi) is 5.73. The molecule has 4 aromatic rings. The van der Waals surface area contributed by atoms with Crippen molar-refractivity contribution < 1.29 is 9.53 Å². The highest BCUT2D eigenvalue weighted by Gasteiger charge is 2.11. The number of aryl methyl sites for hydroxylation is 5. The van der Waals surface area contributed by atoms with Gasteiger partial charge in [0.2, 0.25) is 5.88 Å². The summed E-state index contributed by atoms with van der Waals surface area (Å²) in [6.45, 7) is 9.68. The Hall–Kier alpha value is -4.00. The molecule has 0 atom stereocenters. The lowest BCUT2D eigenvalue weighted by molar-refractivity contribution is 0.102. The van der Waals surface area contributed by atoms with E-state index < -0.39 is 0 Å². The number of carbonyl (C=O) groups excluding carboxylic acids is 1. The summed E-state index contributed by atoms with van der Waals surface area (Å²) in [5, 5.41) is 7.40. The molecule has 0 fully saturated rings. The van der Waals surface area contributed by atoms with Gasteiger partial charge in [-0.25, -0.2) is 9.67 Å². The van der Waals surface area contributed by atoms with Gasteiger partial charge in [-0.1, -0.05) is 17.2 Å². The van der Waals surface area contributed by atoms with E-state index in [2.05, 4.69) is 20.4 Å². The number of ether oxygens (including phenoxy) is 1. The van der Waals surface area contributed by atoms with E-state index in [0.717, 1.165) is 22.5 Å². The van der Waals surface area contributed by atoms with Crippen LogP contribution in [0.3, 0.4) is 0 Å². The van der Waals surface area contributed by atoms with E-state index in [9.17, 15) is 4.79 Å². The van der Waals surface area contributed by atoms with Crippen LogP contribution < -0.4 is 10.1 Å². The first-order valence-corrected chi connectivity index (χ1v) is 10.3. The third-order valence-corrected chi connectivity index (χ3v) is 4.85. The summed E-state index contributed by atoms with van der Waals surface area (Å²) in [7, 11) is 0. The SMILES string of the molecule is Cc1cc(C)cc(C(=O)Nc2ccc(Oc3cc(-n4nc(C)cc4C)nc(C)n3)cc2)c1. The van der Waals surface area contributed by atoms with Gasteiger partial charge >= 0.3 is 0 Å². The highest BCUT2D eigenvalue weighted by molar-refractivity contribution is 6.04. The van der Waals surface area contributed by atoms with Crippen LogP contribution in [-0.4, -0.2) is 25.7 Å². The van der Waals surface area contributed by atoms with E-state index in [-0.39, 0.29) is 5.91 Å². The zero-order valence-corrected chi connectivity index (χ0v) is 18.8. The molecule has 0 radical (unpaired) electrons. The molecular weight excluding hydrogens is 402 g/mol. The van der Waals surface area contributed by atoms with Crippen LogP contribution in [0.15, 0.2) is 54.6 Å². The van der Waals surface area contributed by atoms with Gasteiger partial charge in [0.05, 0.1) is 5.69 Å². The predicted molar refractivity (Wildman–Crippen MR) is 124 cm³/mol. The zero-order chi connectivity index (χ0) is 22.8. The van der Waals surface area contributed by atoms with Gasteiger partial charge in [-0.15, -0.1) is 0 Å². The van der Waals surface area contributed by atoms with Crippen molar-refractivity contribution in [3.63, 3.8) is 0 Å². The lowest BCUT2D eigenvalue weighted by atomic mass is 10.1. The van der Waals surface area contributed by atoms with Gasteiger partial charge in [0.25, 0.3) is 5.91 Å². The molecule has 2 heterocycles. The molecule has 0 aliphatic heterocycles. The van der Waals surface area contributed by atoms with E-state index >= 15 is 0 Å². The van der Waals surface area contributed by atoms with Crippen LogP contribution in [-0.2, 0) is 0 Å². The standard InChI is InChI=1S/C25H25N5O2/c1-15-10-16(2)12-20(11-15)25(31)28-21-6-8-22(9-7-21)32-24-14-23(26-19(5)27-24)30-18(4)13-17(3)29-30/h6-14H,1-5H3,(H,28,31). The van der Waals surface area contributed by atoms with Crippen molar-refractivity contribution in [1.29, 1.82) is 0 Å².